The van der Waals surface area contributed by atoms with E-state index in [4.69, 9.17) is 0 Å². The van der Waals surface area contributed by atoms with Gasteiger partial charge in [-0.3, -0.25) is 4.79 Å². The third-order valence-corrected chi connectivity index (χ3v) is 5.08. The molecule has 96 valence electrons. The lowest BCUT2D eigenvalue weighted by Crippen LogP contribution is -2.54. The number of carboxylic acid groups (broad SMARTS) is 1. The van der Waals surface area contributed by atoms with Crippen LogP contribution in [-0.2, 0) is 9.59 Å². The van der Waals surface area contributed by atoms with Gasteiger partial charge in [0, 0.05) is 0 Å². The molecule has 1 heterocycles. The van der Waals surface area contributed by atoms with Crippen molar-refractivity contribution in [2.24, 2.45) is 0 Å². The zero-order chi connectivity index (χ0) is 12.3. The van der Waals surface area contributed by atoms with Crippen LogP contribution in [0.4, 0.5) is 0 Å². The Balaban J connectivity index is 1.98. The second kappa shape index (κ2) is 5.29. The molecule has 1 atom stereocenters. The summed E-state index contributed by atoms with van der Waals surface area (Å²) in [5.74, 6) is 0.0705. The van der Waals surface area contributed by atoms with E-state index in [0.717, 1.165) is 31.4 Å². The summed E-state index contributed by atoms with van der Waals surface area (Å²) in [7, 11) is 0. The minimum atomic E-state index is -0.977. The molecule has 1 amide bonds. The van der Waals surface area contributed by atoms with Crippen LogP contribution in [-0.4, -0.2) is 33.5 Å². The minimum Gasteiger partial charge on any atom is -0.480 e. The van der Waals surface area contributed by atoms with E-state index >= 15 is 0 Å². The first-order valence-corrected chi connectivity index (χ1v) is 7.36. The van der Waals surface area contributed by atoms with Gasteiger partial charge in [-0.1, -0.05) is 19.3 Å². The summed E-state index contributed by atoms with van der Waals surface area (Å²) in [6, 6.07) is 0. The van der Waals surface area contributed by atoms with E-state index in [1.165, 1.54) is 6.42 Å². The predicted octanol–water partition coefficient (Wildman–Crippen LogP) is 1.79. The van der Waals surface area contributed by atoms with Crippen molar-refractivity contribution in [1.29, 1.82) is 0 Å². The van der Waals surface area contributed by atoms with Gasteiger partial charge in [0.15, 0.2) is 0 Å². The van der Waals surface area contributed by atoms with E-state index < -0.39 is 11.5 Å². The molecule has 1 saturated carbocycles. The molecule has 2 fully saturated rings. The molecule has 2 N–H and O–H groups in total. The van der Waals surface area contributed by atoms with E-state index in [9.17, 15) is 14.7 Å². The van der Waals surface area contributed by atoms with Gasteiger partial charge >= 0.3 is 5.97 Å². The third-order valence-electron chi connectivity index (χ3n) is 3.70. The maximum Gasteiger partial charge on any atom is 0.329 e. The number of hydrogen-bond donors (Lipinski definition) is 2. The first-order valence-electron chi connectivity index (χ1n) is 6.31. The second-order valence-corrected chi connectivity index (χ2v) is 6.25. The fraction of sp³-hybridized carbons (Fsp3) is 0.833. The Morgan fingerprint density at radius 1 is 1.18 bits per heavy atom. The van der Waals surface area contributed by atoms with Crippen LogP contribution in [0.5, 0.6) is 0 Å². The molecule has 1 saturated heterocycles. The Bertz CT molecular complexity index is 307. The molecule has 0 aromatic heterocycles. The Kier molecular flexibility index (Phi) is 3.97. The van der Waals surface area contributed by atoms with Gasteiger partial charge < -0.3 is 10.4 Å². The van der Waals surface area contributed by atoms with Crippen molar-refractivity contribution in [2.45, 2.75) is 55.7 Å². The van der Waals surface area contributed by atoms with Gasteiger partial charge in [-0.25, -0.2) is 4.79 Å². The number of carbonyl (C=O) groups is 2. The Morgan fingerprint density at radius 2 is 1.88 bits per heavy atom. The summed E-state index contributed by atoms with van der Waals surface area (Å²) < 4.78 is 0. The summed E-state index contributed by atoms with van der Waals surface area (Å²) in [4.78, 5) is 23.4. The minimum absolute atomic E-state index is 0.0411. The van der Waals surface area contributed by atoms with Crippen molar-refractivity contribution < 1.29 is 14.7 Å². The third kappa shape index (κ3) is 2.76. The molecule has 2 rings (SSSR count). The monoisotopic (exact) mass is 257 g/mol. The Morgan fingerprint density at radius 3 is 2.41 bits per heavy atom. The molecule has 2 aliphatic rings. The molecular weight excluding hydrogens is 238 g/mol. The van der Waals surface area contributed by atoms with Crippen LogP contribution in [0.3, 0.4) is 0 Å². The summed E-state index contributed by atoms with van der Waals surface area (Å²) in [6.45, 7) is 0. The Labute approximate surface area is 106 Å². The van der Waals surface area contributed by atoms with Crippen LogP contribution >= 0.6 is 11.8 Å². The molecule has 5 heteroatoms. The molecule has 0 spiro atoms. The molecule has 0 radical (unpaired) electrons. The molecule has 1 unspecified atom stereocenters. The number of hydrogen-bond acceptors (Lipinski definition) is 3. The van der Waals surface area contributed by atoms with E-state index in [2.05, 4.69) is 5.32 Å². The average molecular weight is 257 g/mol. The van der Waals surface area contributed by atoms with Crippen molar-refractivity contribution in [3.63, 3.8) is 0 Å². The average Bonchev–Trinajstić information content (AvgIpc) is 2.80. The smallest absolute Gasteiger partial charge is 0.329 e. The first kappa shape index (κ1) is 12.7. The number of carbonyl (C=O) groups excluding carboxylic acids is 1. The van der Waals surface area contributed by atoms with E-state index in [1.54, 1.807) is 11.8 Å². The molecule has 1 aliphatic carbocycles. The Hall–Kier alpha value is -0.710. The fourth-order valence-corrected chi connectivity index (χ4v) is 3.83. The zero-order valence-corrected chi connectivity index (χ0v) is 10.7. The van der Waals surface area contributed by atoms with E-state index in [1.807, 2.05) is 0 Å². The van der Waals surface area contributed by atoms with Gasteiger partial charge in [-0.2, -0.15) is 0 Å². The maximum absolute atomic E-state index is 12.1. The summed E-state index contributed by atoms with van der Waals surface area (Å²) in [5.41, 5.74) is -0.977. The first-order chi connectivity index (χ1) is 8.14. The van der Waals surface area contributed by atoms with Gasteiger partial charge in [-0.05, 0) is 31.4 Å². The molecule has 4 nitrogen and oxygen atoms in total. The molecular formula is C12H19NO3S. The maximum atomic E-state index is 12.1. The van der Waals surface area contributed by atoms with Gasteiger partial charge in [-0.15, -0.1) is 11.8 Å². The van der Waals surface area contributed by atoms with Gasteiger partial charge in [0.1, 0.15) is 5.54 Å². The lowest BCUT2D eigenvalue weighted by molar-refractivity contribution is -0.147. The number of carboxylic acids is 1. The normalized spacial score (nSPS) is 27.6. The van der Waals surface area contributed by atoms with Gasteiger partial charge in [0.05, 0.1) is 5.25 Å². The molecule has 0 bridgehead atoms. The predicted molar refractivity (Wildman–Crippen MR) is 67.1 cm³/mol. The van der Waals surface area contributed by atoms with Crippen LogP contribution in [0.1, 0.15) is 44.9 Å². The SMILES string of the molecule is O=C(NC1(C(=O)O)CCCC1)C1CCCCS1. The highest BCUT2D eigenvalue weighted by Crippen LogP contribution is 2.32. The fourth-order valence-electron chi connectivity index (χ4n) is 2.63. The molecule has 0 aromatic carbocycles. The van der Waals surface area contributed by atoms with Gasteiger partial charge in [0.25, 0.3) is 0 Å². The van der Waals surface area contributed by atoms with E-state index in [-0.39, 0.29) is 11.2 Å². The largest absolute Gasteiger partial charge is 0.480 e. The summed E-state index contributed by atoms with van der Waals surface area (Å²) in [5, 5.41) is 12.1. The van der Waals surface area contributed by atoms with Crippen molar-refractivity contribution in [3.05, 3.63) is 0 Å². The van der Waals surface area contributed by atoms with Crippen LogP contribution in [0.15, 0.2) is 0 Å². The zero-order valence-electron chi connectivity index (χ0n) is 9.91. The van der Waals surface area contributed by atoms with Crippen molar-refractivity contribution in [3.8, 4) is 0 Å². The lowest BCUT2D eigenvalue weighted by Gasteiger charge is -2.29. The topological polar surface area (TPSA) is 66.4 Å². The highest BCUT2D eigenvalue weighted by molar-refractivity contribution is 8.00. The van der Waals surface area contributed by atoms with Gasteiger partial charge in [0.2, 0.25) is 5.91 Å². The molecule has 1 aliphatic heterocycles. The van der Waals surface area contributed by atoms with E-state index in [0.29, 0.717) is 12.8 Å². The highest BCUT2D eigenvalue weighted by Gasteiger charge is 2.43. The second-order valence-electron chi connectivity index (χ2n) is 4.94. The van der Waals surface area contributed by atoms with Crippen molar-refractivity contribution >= 4 is 23.6 Å². The quantitative estimate of drug-likeness (QED) is 0.809. The highest BCUT2D eigenvalue weighted by atomic mass is 32.2. The van der Waals surface area contributed by atoms with Crippen LogP contribution in [0, 0.1) is 0 Å². The van der Waals surface area contributed by atoms with Crippen LogP contribution in [0.25, 0.3) is 0 Å². The molecule has 17 heavy (non-hydrogen) atoms. The number of thioether (sulfide) groups is 1. The number of rotatable bonds is 3. The standard InChI is InChI=1S/C12H19NO3S/c14-10(9-5-1-4-8-17-9)13-12(11(15)16)6-2-3-7-12/h9H,1-8H2,(H,13,14)(H,15,16). The van der Waals surface area contributed by atoms with Crippen LogP contribution < -0.4 is 5.32 Å². The van der Waals surface area contributed by atoms with Crippen molar-refractivity contribution in [1.82, 2.24) is 5.32 Å². The lowest BCUT2D eigenvalue weighted by atomic mass is 9.97. The number of aliphatic carboxylic acids is 1. The summed E-state index contributed by atoms with van der Waals surface area (Å²) >= 11 is 1.66. The van der Waals surface area contributed by atoms with Crippen molar-refractivity contribution in [2.75, 3.05) is 5.75 Å². The number of nitrogens with one attached hydrogen (secondary N) is 1. The van der Waals surface area contributed by atoms with Crippen LogP contribution in [0.2, 0.25) is 0 Å². The number of amides is 1. The summed E-state index contributed by atoms with van der Waals surface area (Å²) in [6.07, 6.45) is 6.06. The molecule has 0 aromatic rings.